The lowest BCUT2D eigenvalue weighted by atomic mass is 9.92. The van der Waals surface area contributed by atoms with Gasteiger partial charge >= 0.3 is 0 Å². The molecule has 0 unspecified atom stereocenters. The first-order chi connectivity index (χ1) is 33.2. The summed E-state index contributed by atoms with van der Waals surface area (Å²) in [4.78, 5) is 0. The third-order valence-corrected chi connectivity index (χ3v) is 13.2. The van der Waals surface area contributed by atoms with Crippen LogP contribution < -0.4 is 0 Å². The molecule has 0 saturated carbocycles. The van der Waals surface area contributed by atoms with Gasteiger partial charge in [0.1, 0.15) is 0 Å². The van der Waals surface area contributed by atoms with Crippen molar-refractivity contribution < 1.29 is 0 Å². The quantitative estimate of drug-likeness (QED) is 0.136. The molecule has 0 N–H and O–H groups in total. The Morgan fingerprint density at radius 1 is 0.179 bits per heavy atom. The maximum absolute atomic E-state index is 2.49. The summed E-state index contributed by atoms with van der Waals surface area (Å²) >= 11 is 0. The molecule has 1 nitrogen and oxygen atoms in total. The molecule has 0 aliphatic rings. The number of para-hydroxylation sites is 1. The van der Waals surface area contributed by atoms with Crippen LogP contribution in [0.1, 0.15) is 0 Å². The van der Waals surface area contributed by atoms with Crippen molar-refractivity contribution in [3.63, 3.8) is 0 Å². The zero-order chi connectivity index (χ0) is 44.5. The van der Waals surface area contributed by atoms with Crippen molar-refractivity contribution in [1.29, 1.82) is 0 Å². The molecule has 1 aromatic heterocycles. The Labute approximate surface area is 392 Å². The summed E-state index contributed by atoms with van der Waals surface area (Å²) in [5, 5.41) is 2.41. The fraction of sp³-hybridized carbons (Fsp3) is 0. The van der Waals surface area contributed by atoms with E-state index in [1.54, 1.807) is 0 Å². The van der Waals surface area contributed by atoms with E-state index in [4.69, 9.17) is 0 Å². The molecular formula is C66H45N. The first kappa shape index (κ1) is 39.8. The minimum Gasteiger partial charge on any atom is -0.309 e. The van der Waals surface area contributed by atoms with Crippen molar-refractivity contribution in [2.45, 2.75) is 0 Å². The van der Waals surface area contributed by atoms with Crippen LogP contribution in [0, 0.1) is 0 Å². The third-order valence-electron chi connectivity index (χ3n) is 13.2. The van der Waals surface area contributed by atoms with Crippen LogP contribution in [0.5, 0.6) is 0 Å². The van der Waals surface area contributed by atoms with E-state index >= 15 is 0 Å². The number of rotatable bonds is 9. The zero-order valence-corrected chi connectivity index (χ0v) is 36.9. The number of nitrogens with zero attached hydrogens (tertiary/aromatic N) is 1. The smallest absolute Gasteiger partial charge is 0.0541 e. The maximum atomic E-state index is 2.49. The predicted octanol–water partition coefficient (Wildman–Crippen LogP) is 18.1. The van der Waals surface area contributed by atoms with Crippen LogP contribution in [0.4, 0.5) is 0 Å². The Morgan fingerprint density at radius 3 is 0.866 bits per heavy atom. The lowest BCUT2D eigenvalue weighted by Crippen LogP contribution is -1.98. The van der Waals surface area contributed by atoms with Gasteiger partial charge in [0.15, 0.2) is 0 Å². The first-order valence-corrected chi connectivity index (χ1v) is 23.1. The third kappa shape index (κ3) is 7.63. The van der Waals surface area contributed by atoms with Gasteiger partial charge in [-0.2, -0.15) is 0 Å². The molecule has 0 aliphatic heterocycles. The second-order valence-electron chi connectivity index (χ2n) is 17.3. The highest BCUT2D eigenvalue weighted by Crippen LogP contribution is 2.43. The lowest BCUT2D eigenvalue weighted by Gasteiger charge is -2.17. The number of hydrogen-bond donors (Lipinski definition) is 0. The average Bonchev–Trinajstić information content (AvgIpc) is 3.74. The summed E-state index contributed by atoms with van der Waals surface area (Å²) in [6, 6.07) is 99.6. The molecule has 0 radical (unpaired) electrons. The molecule has 0 saturated heterocycles. The molecule has 11 aromatic carbocycles. The molecule has 0 spiro atoms. The highest BCUT2D eigenvalue weighted by atomic mass is 15.0. The second-order valence-corrected chi connectivity index (χ2v) is 17.3. The van der Waals surface area contributed by atoms with Crippen LogP contribution in [0.3, 0.4) is 0 Å². The second kappa shape index (κ2) is 17.3. The van der Waals surface area contributed by atoms with Gasteiger partial charge in [0.2, 0.25) is 0 Å². The Kier molecular flexibility index (Phi) is 10.3. The van der Waals surface area contributed by atoms with Gasteiger partial charge in [-0.15, -0.1) is 0 Å². The average molecular weight is 852 g/mol. The maximum Gasteiger partial charge on any atom is 0.0541 e. The van der Waals surface area contributed by atoms with E-state index in [0.717, 1.165) is 16.7 Å². The molecule has 0 aliphatic carbocycles. The summed E-state index contributed by atoms with van der Waals surface area (Å²) in [5.41, 5.74) is 22.5. The van der Waals surface area contributed by atoms with Gasteiger partial charge in [-0.3, -0.25) is 0 Å². The van der Waals surface area contributed by atoms with Crippen LogP contribution in [-0.4, -0.2) is 4.57 Å². The van der Waals surface area contributed by atoms with Crippen LogP contribution in [0.25, 0.3) is 117 Å². The van der Waals surface area contributed by atoms with Gasteiger partial charge in [0.25, 0.3) is 0 Å². The number of aromatic nitrogens is 1. The van der Waals surface area contributed by atoms with E-state index in [2.05, 4.69) is 278 Å². The molecule has 12 rings (SSSR count). The highest BCUT2D eigenvalue weighted by Gasteiger charge is 2.20. The molecule has 0 fully saturated rings. The Bertz CT molecular complexity index is 3400. The van der Waals surface area contributed by atoms with Crippen molar-refractivity contribution in [3.8, 4) is 94.7 Å². The van der Waals surface area contributed by atoms with E-state index in [1.807, 2.05) is 0 Å². The number of benzene rings is 11. The molecule has 0 bridgehead atoms. The number of hydrogen-bond acceptors (Lipinski definition) is 0. The summed E-state index contributed by atoms with van der Waals surface area (Å²) in [6.07, 6.45) is 0. The molecule has 0 amide bonds. The minimum absolute atomic E-state index is 1.14. The fourth-order valence-corrected chi connectivity index (χ4v) is 9.90. The summed E-state index contributed by atoms with van der Waals surface area (Å²) in [6.45, 7) is 0. The van der Waals surface area contributed by atoms with Crippen molar-refractivity contribution >= 4 is 21.8 Å². The normalized spacial score (nSPS) is 11.3. The summed E-state index contributed by atoms with van der Waals surface area (Å²) in [7, 11) is 0. The Morgan fingerprint density at radius 2 is 0.478 bits per heavy atom. The molecule has 12 aromatic rings. The molecule has 0 atom stereocenters. The molecule has 1 heterocycles. The molecule has 1 heteroatoms. The number of fused-ring (bicyclic) bond motifs is 3. The van der Waals surface area contributed by atoms with Crippen LogP contribution in [0.15, 0.2) is 273 Å². The van der Waals surface area contributed by atoms with E-state index in [0.29, 0.717) is 0 Å². The monoisotopic (exact) mass is 851 g/mol. The fourth-order valence-electron chi connectivity index (χ4n) is 9.90. The van der Waals surface area contributed by atoms with Gasteiger partial charge in [-0.1, -0.05) is 206 Å². The highest BCUT2D eigenvalue weighted by molar-refractivity contribution is 6.12. The minimum atomic E-state index is 1.14. The van der Waals surface area contributed by atoms with E-state index in [9.17, 15) is 0 Å². The van der Waals surface area contributed by atoms with Gasteiger partial charge in [-0.25, -0.2) is 0 Å². The molecular weight excluding hydrogens is 807 g/mol. The summed E-state index contributed by atoms with van der Waals surface area (Å²) < 4.78 is 2.49. The van der Waals surface area contributed by atoms with E-state index in [1.165, 1.54) is 99.8 Å². The van der Waals surface area contributed by atoms with Crippen LogP contribution in [0.2, 0.25) is 0 Å². The van der Waals surface area contributed by atoms with Gasteiger partial charge in [-0.05, 0) is 150 Å². The zero-order valence-electron chi connectivity index (χ0n) is 36.9. The first-order valence-electron chi connectivity index (χ1n) is 23.1. The van der Waals surface area contributed by atoms with E-state index < -0.39 is 0 Å². The van der Waals surface area contributed by atoms with Crippen molar-refractivity contribution in [2.75, 3.05) is 0 Å². The topological polar surface area (TPSA) is 4.93 Å². The van der Waals surface area contributed by atoms with Gasteiger partial charge < -0.3 is 4.57 Å². The van der Waals surface area contributed by atoms with Crippen molar-refractivity contribution in [3.05, 3.63) is 273 Å². The standard InChI is InChI=1S/C66H45N/c1-6-20-46(21-7-1)53-38-54(47-22-8-2-9-23-47)41-57(40-53)51-34-36-65-62(44-51)63-45-52(58-42-55(48-24-10-3-11-25-48)39-56(43-58)49-26-12-4-13-27-49)35-37-66(63)67(65)64-33-19-18-32-61(64)60-31-17-16-30-59(60)50-28-14-5-15-29-50/h1-45H. The van der Waals surface area contributed by atoms with Crippen molar-refractivity contribution in [1.82, 2.24) is 4.57 Å². The van der Waals surface area contributed by atoms with Crippen molar-refractivity contribution in [2.24, 2.45) is 0 Å². The van der Waals surface area contributed by atoms with E-state index in [-0.39, 0.29) is 0 Å². The lowest BCUT2D eigenvalue weighted by molar-refractivity contribution is 1.18. The van der Waals surface area contributed by atoms with Crippen LogP contribution >= 0.6 is 0 Å². The summed E-state index contributed by atoms with van der Waals surface area (Å²) in [5.74, 6) is 0. The largest absolute Gasteiger partial charge is 0.309 e. The van der Waals surface area contributed by atoms with Gasteiger partial charge in [0, 0.05) is 16.3 Å². The molecule has 67 heavy (non-hydrogen) atoms. The Balaban J connectivity index is 1.11. The Hall–Kier alpha value is -8.78. The SMILES string of the molecule is c1ccc(-c2cc(-c3ccccc3)cc(-c3ccc4c(c3)c3cc(-c5cc(-c6ccccc6)cc(-c6ccccc6)c5)ccc3n4-c3ccccc3-c3ccccc3-c3ccccc3)c2)cc1. The molecule has 314 valence electrons. The predicted molar refractivity (Wildman–Crippen MR) is 284 cm³/mol. The van der Waals surface area contributed by atoms with Crippen LogP contribution in [-0.2, 0) is 0 Å². The van der Waals surface area contributed by atoms with Gasteiger partial charge in [0.05, 0.1) is 16.7 Å².